The molecule has 3 nitrogen and oxygen atoms in total. The molecular weight excluding hydrogens is 288 g/mol. The van der Waals surface area contributed by atoms with Crippen LogP contribution in [0.4, 0.5) is 0 Å². The number of para-hydroxylation sites is 1. The summed E-state index contributed by atoms with van der Waals surface area (Å²) >= 11 is 5.83. The highest BCUT2D eigenvalue weighted by atomic mass is 35.5. The van der Waals surface area contributed by atoms with Crippen LogP contribution < -0.4 is 0 Å². The number of phenols is 1. The molecule has 1 aromatic heterocycles. The molecule has 0 spiro atoms. The van der Waals surface area contributed by atoms with Crippen molar-refractivity contribution in [1.82, 2.24) is 0 Å². The van der Waals surface area contributed by atoms with Gasteiger partial charge in [0.05, 0.1) is 5.56 Å². The first kappa shape index (κ1) is 13.5. The van der Waals surface area contributed by atoms with Crippen molar-refractivity contribution in [2.24, 2.45) is 0 Å². The van der Waals surface area contributed by atoms with Gasteiger partial charge in [-0.05, 0) is 42.5 Å². The monoisotopic (exact) mass is 298 g/mol. The number of furan rings is 1. The average molecular weight is 299 g/mol. The molecule has 0 unspecified atom stereocenters. The van der Waals surface area contributed by atoms with E-state index < -0.39 is 0 Å². The SMILES string of the molecule is O=C(C=Cc1cc2ccccc2o1)c1cc(Cl)ccc1O. The third kappa shape index (κ3) is 2.83. The van der Waals surface area contributed by atoms with E-state index in [-0.39, 0.29) is 17.1 Å². The van der Waals surface area contributed by atoms with Gasteiger partial charge in [-0.25, -0.2) is 0 Å². The number of halogens is 1. The molecule has 1 heterocycles. The number of aromatic hydroxyl groups is 1. The molecule has 4 heteroatoms. The number of ketones is 1. The van der Waals surface area contributed by atoms with Crippen LogP contribution in [0, 0.1) is 0 Å². The van der Waals surface area contributed by atoms with Crippen LogP contribution in [0.2, 0.25) is 5.02 Å². The second-order valence-corrected chi connectivity index (χ2v) is 4.98. The van der Waals surface area contributed by atoms with Gasteiger partial charge < -0.3 is 9.52 Å². The molecule has 21 heavy (non-hydrogen) atoms. The third-order valence-corrected chi connectivity index (χ3v) is 3.30. The number of fused-ring (bicyclic) bond motifs is 1. The Labute approximate surface area is 126 Å². The van der Waals surface area contributed by atoms with Crippen LogP contribution >= 0.6 is 11.6 Å². The zero-order valence-electron chi connectivity index (χ0n) is 10.9. The molecule has 104 valence electrons. The summed E-state index contributed by atoms with van der Waals surface area (Å²) < 4.78 is 5.58. The summed E-state index contributed by atoms with van der Waals surface area (Å²) in [6.45, 7) is 0. The van der Waals surface area contributed by atoms with E-state index in [0.717, 1.165) is 11.0 Å². The largest absolute Gasteiger partial charge is 0.507 e. The summed E-state index contributed by atoms with van der Waals surface area (Å²) in [7, 11) is 0. The zero-order valence-corrected chi connectivity index (χ0v) is 11.7. The molecule has 3 aromatic rings. The van der Waals surface area contributed by atoms with Crippen molar-refractivity contribution in [2.45, 2.75) is 0 Å². The van der Waals surface area contributed by atoms with Gasteiger partial charge in [0.25, 0.3) is 0 Å². The molecule has 3 rings (SSSR count). The Bertz CT molecular complexity index is 813. The number of carbonyl (C=O) groups is 1. The van der Waals surface area contributed by atoms with Gasteiger partial charge >= 0.3 is 0 Å². The molecule has 0 radical (unpaired) electrons. The molecule has 0 saturated heterocycles. The molecule has 0 bridgehead atoms. The van der Waals surface area contributed by atoms with Crippen LogP contribution in [0.15, 0.2) is 59.0 Å². The molecule has 0 atom stereocenters. The minimum Gasteiger partial charge on any atom is -0.507 e. The molecule has 0 amide bonds. The Morgan fingerprint density at radius 3 is 2.76 bits per heavy atom. The fourth-order valence-electron chi connectivity index (χ4n) is 2.04. The van der Waals surface area contributed by atoms with E-state index >= 15 is 0 Å². The third-order valence-electron chi connectivity index (χ3n) is 3.07. The van der Waals surface area contributed by atoms with Crippen LogP contribution in [0.25, 0.3) is 17.0 Å². The molecular formula is C17H11ClO3. The highest BCUT2D eigenvalue weighted by Crippen LogP contribution is 2.23. The Hall–Kier alpha value is -2.52. The standard InChI is InChI=1S/C17H11ClO3/c18-12-5-7-15(19)14(10-12)16(20)8-6-13-9-11-3-1-2-4-17(11)21-13/h1-10,19H. The maximum Gasteiger partial charge on any atom is 0.189 e. The van der Waals surface area contributed by atoms with Crippen molar-refractivity contribution >= 4 is 34.4 Å². The summed E-state index contributed by atoms with van der Waals surface area (Å²) in [6.07, 6.45) is 2.92. The Balaban J connectivity index is 1.88. The minimum absolute atomic E-state index is 0.0985. The van der Waals surface area contributed by atoms with Gasteiger partial charge in [0.1, 0.15) is 17.1 Å². The van der Waals surface area contributed by atoms with Gasteiger partial charge in [0.2, 0.25) is 0 Å². The van der Waals surface area contributed by atoms with Crippen molar-refractivity contribution in [3.63, 3.8) is 0 Å². The van der Waals surface area contributed by atoms with Crippen molar-refractivity contribution in [3.8, 4) is 5.75 Å². The van der Waals surface area contributed by atoms with Gasteiger partial charge in [0.15, 0.2) is 5.78 Å². The second kappa shape index (κ2) is 5.46. The lowest BCUT2D eigenvalue weighted by atomic mass is 10.1. The number of allylic oxidation sites excluding steroid dienone is 1. The predicted octanol–water partition coefficient (Wildman–Crippen LogP) is 4.69. The molecule has 0 saturated carbocycles. The van der Waals surface area contributed by atoms with Crippen LogP contribution in [-0.2, 0) is 0 Å². The molecule has 0 fully saturated rings. The normalized spacial score (nSPS) is 11.3. The first-order valence-corrected chi connectivity index (χ1v) is 6.71. The summed E-state index contributed by atoms with van der Waals surface area (Å²) in [5, 5.41) is 11.0. The smallest absolute Gasteiger partial charge is 0.189 e. The first-order valence-electron chi connectivity index (χ1n) is 6.33. The van der Waals surface area contributed by atoms with Crippen LogP contribution in [0.3, 0.4) is 0 Å². The molecule has 0 aliphatic carbocycles. The van der Waals surface area contributed by atoms with E-state index in [9.17, 15) is 9.90 Å². The van der Waals surface area contributed by atoms with E-state index in [4.69, 9.17) is 16.0 Å². The molecule has 1 N–H and O–H groups in total. The Morgan fingerprint density at radius 1 is 1.14 bits per heavy atom. The lowest BCUT2D eigenvalue weighted by Gasteiger charge is -2.00. The summed E-state index contributed by atoms with van der Waals surface area (Å²) in [6, 6.07) is 13.8. The van der Waals surface area contributed by atoms with Gasteiger partial charge in [-0.2, -0.15) is 0 Å². The number of benzene rings is 2. The van der Waals surface area contributed by atoms with E-state index in [1.54, 1.807) is 6.08 Å². The maximum atomic E-state index is 12.1. The fourth-order valence-corrected chi connectivity index (χ4v) is 2.21. The quantitative estimate of drug-likeness (QED) is 0.564. The van der Waals surface area contributed by atoms with E-state index in [0.29, 0.717) is 10.8 Å². The number of phenolic OH excluding ortho intramolecular Hbond substituents is 1. The van der Waals surface area contributed by atoms with E-state index in [2.05, 4.69) is 0 Å². The predicted molar refractivity (Wildman–Crippen MR) is 82.7 cm³/mol. The van der Waals surface area contributed by atoms with E-state index in [1.165, 1.54) is 24.3 Å². The number of hydrogen-bond acceptors (Lipinski definition) is 3. The summed E-state index contributed by atoms with van der Waals surface area (Å²) in [5.74, 6) is 0.139. The average Bonchev–Trinajstić information content (AvgIpc) is 2.90. The van der Waals surface area contributed by atoms with Crippen molar-refractivity contribution in [2.75, 3.05) is 0 Å². The lowest BCUT2D eigenvalue weighted by molar-refractivity contribution is 0.104. The first-order chi connectivity index (χ1) is 10.1. The highest BCUT2D eigenvalue weighted by molar-refractivity contribution is 6.31. The summed E-state index contributed by atoms with van der Waals surface area (Å²) in [4.78, 5) is 12.1. The molecule has 0 aliphatic heterocycles. The number of rotatable bonds is 3. The van der Waals surface area contributed by atoms with Crippen LogP contribution in [-0.4, -0.2) is 10.9 Å². The van der Waals surface area contributed by atoms with E-state index in [1.807, 2.05) is 30.3 Å². The van der Waals surface area contributed by atoms with Gasteiger partial charge in [0, 0.05) is 10.4 Å². The fraction of sp³-hybridized carbons (Fsp3) is 0. The second-order valence-electron chi connectivity index (χ2n) is 4.55. The highest BCUT2D eigenvalue weighted by Gasteiger charge is 2.09. The van der Waals surface area contributed by atoms with Crippen molar-refractivity contribution < 1.29 is 14.3 Å². The minimum atomic E-state index is -0.338. The summed E-state index contributed by atoms with van der Waals surface area (Å²) in [5.41, 5.74) is 0.921. The number of carbonyl (C=O) groups excluding carboxylic acids is 1. The van der Waals surface area contributed by atoms with Crippen LogP contribution in [0.5, 0.6) is 5.75 Å². The topological polar surface area (TPSA) is 50.4 Å². The van der Waals surface area contributed by atoms with Crippen molar-refractivity contribution in [3.05, 3.63) is 71.0 Å². The van der Waals surface area contributed by atoms with Crippen LogP contribution in [0.1, 0.15) is 16.1 Å². The van der Waals surface area contributed by atoms with Gasteiger partial charge in [-0.15, -0.1) is 0 Å². The number of hydrogen-bond donors (Lipinski definition) is 1. The molecule has 2 aromatic carbocycles. The maximum absolute atomic E-state index is 12.1. The van der Waals surface area contributed by atoms with Gasteiger partial charge in [-0.1, -0.05) is 29.8 Å². The Kier molecular flexibility index (Phi) is 3.50. The van der Waals surface area contributed by atoms with Gasteiger partial charge in [-0.3, -0.25) is 4.79 Å². The molecule has 0 aliphatic rings. The lowest BCUT2D eigenvalue weighted by Crippen LogP contribution is -1.94. The zero-order chi connectivity index (χ0) is 14.8. The van der Waals surface area contributed by atoms with Crippen molar-refractivity contribution in [1.29, 1.82) is 0 Å². The Morgan fingerprint density at radius 2 is 1.95 bits per heavy atom.